The van der Waals surface area contributed by atoms with Gasteiger partial charge in [0.2, 0.25) is 0 Å². The molecule has 1 saturated heterocycles. The molecule has 1 aromatic carbocycles. The Morgan fingerprint density at radius 2 is 1.71 bits per heavy atom. The van der Waals surface area contributed by atoms with Gasteiger partial charge in [-0.05, 0) is 17.7 Å². The third kappa shape index (κ3) is 8.12. The summed E-state index contributed by atoms with van der Waals surface area (Å²) < 4.78 is 0. The molecule has 2 heterocycles. The van der Waals surface area contributed by atoms with Crippen LogP contribution in [0.4, 0.5) is 0 Å². The Kier molecular flexibility index (Phi) is 10.2. The Balaban J connectivity index is 0.00000280. The number of rotatable bonds is 8. The Morgan fingerprint density at radius 1 is 1.00 bits per heavy atom. The molecule has 0 radical (unpaired) electrons. The standard InChI is InChI=1S/C21H30N6.HI/c22-21(24-11-9-20-8-4-5-10-23-20)25-12-13-26-14-16-27(17-15-26)18-19-6-2-1-3-7-19;/h1-8,10H,9,11-18H2,(H3,22,24,25);1H. The molecule has 3 N–H and O–H groups in total. The van der Waals surface area contributed by atoms with Gasteiger partial charge in [0.1, 0.15) is 0 Å². The molecule has 28 heavy (non-hydrogen) atoms. The Labute approximate surface area is 185 Å². The van der Waals surface area contributed by atoms with Crippen LogP contribution in [-0.2, 0) is 13.0 Å². The van der Waals surface area contributed by atoms with E-state index in [2.05, 4.69) is 55.4 Å². The highest BCUT2D eigenvalue weighted by molar-refractivity contribution is 14.0. The van der Waals surface area contributed by atoms with Gasteiger partial charge in [0.15, 0.2) is 5.96 Å². The van der Waals surface area contributed by atoms with Crippen molar-refractivity contribution in [2.24, 2.45) is 10.7 Å². The van der Waals surface area contributed by atoms with Crippen LogP contribution in [0.25, 0.3) is 0 Å². The molecule has 3 rings (SSSR count). The maximum Gasteiger partial charge on any atom is 0.188 e. The summed E-state index contributed by atoms with van der Waals surface area (Å²) in [7, 11) is 0. The molecule has 0 atom stereocenters. The van der Waals surface area contributed by atoms with Crippen molar-refractivity contribution in [2.75, 3.05) is 45.8 Å². The van der Waals surface area contributed by atoms with Crippen molar-refractivity contribution in [2.45, 2.75) is 13.0 Å². The lowest BCUT2D eigenvalue weighted by molar-refractivity contribution is 0.130. The van der Waals surface area contributed by atoms with Crippen LogP contribution < -0.4 is 11.1 Å². The minimum atomic E-state index is 0. The zero-order valence-corrected chi connectivity index (χ0v) is 18.7. The number of aliphatic imine (C=N–C) groups is 1. The van der Waals surface area contributed by atoms with Crippen LogP contribution in [0.3, 0.4) is 0 Å². The average molecular weight is 494 g/mol. The fourth-order valence-electron chi connectivity index (χ4n) is 3.25. The number of pyridine rings is 1. The molecular formula is C21H31IN6. The van der Waals surface area contributed by atoms with E-state index in [0.717, 1.165) is 64.5 Å². The van der Waals surface area contributed by atoms with Gasteiger partial charge in [-0.25, -0.2) is 0 Å². The average Bonchev–Trinajstić information content (AvgIpc) is 2.71. The molecule has 1 fully saturated rings. The lowest BCUT2D eigenvalue weighted by atomic mass is 10.2. The van der Waals surface area contributed by atoms with Crippen LogP contribution in [0.15, 0.2) is 59.7 Å². The minimum Gasteiger partial charge on any atom is -0.370 e. The number of nitrogens with two attached hydrogens (primary N) is 1. The number of nitrogens with zero attached hydrogens (tertiary/aromatic N) is 4. The van der Waals surface area contributed by atoms with Crippen molar-refractivity contribution in [1.82, 2.24) is 20.1 Å². The first-order valence-corrected chi connectivity index (χ1v) is 9.72. The van der Waals surface area contributed by atoms with Gasteiger partial charge in [0.25, 0.3) is 0 Å². The molecule has 0 spiro atoms. The third-order valence-corrected chi connectivity index (χ3v) is 4.83. The van der Waals surface area contributed by atoms with E-state index in [1.165, 1.54) is 5.56 Å². The second-order valence-corrected chi connectivity index (χ2v) is 6.87. The quantitative estimate of drug-likeness (QED) is 0.334. The molecule has 0 amide bonds. The molecular weight excluding hydrogens is 463 g/mol. The first kappa shape index (κ1) is 22.6. The van der Waals surface area contributed by atoms with Gasteiger partial charge in [-0.2, -0.15) is 0 Å². The van der Waals surface area contributed by atoms with Crippen molar-refractivity contribution in [3.63, 3.8) is 0 Å². The summed E-state index contributed by atoms with van der Waals surface area (Å²) in [5.41, 5.74) is 8.40. The van der Waals surface area contributed by atoms with Gasteiger partial charge in [-0.15, -0.1) is 24.0 Å². The number of hydrogen-bond acceptors (Lipinski definition) is 4. The summed E-state index contributed by atoms with van der Waals surface area (Å²) >= 11 is 0. The summed E-state index contributed by atoms with van der Waals surface area (Å²) in [5.74, 6) is 0.522. The number of aromatic nitrogens is 1. The number of nitrogens with one attached hydrogen (secondary N) is 1. The molecule has 2 aromatic rings. The van der Waals surface area contributed by atoms with Gasteiger partial charge in [0.05, 0.1) is 6.54 Å². The summed E-state index contributed by atoms with van der Waals surface area (Å²) in [6, 6.07) is 16.6. The topological polar surface area (TPSA) is 69.8 Å². The normalized spacial score (nSPS) is 15.8. The molecule has 1 aliphatic heterocycles. The van der Waals surface area contributed by atoms with Crippen LogP contribution in [0, 0.1) is 0 Å². The fourth-order valence-corrected chi connectivity index (χ4v) is 3.25. The second-order valence-electron chi connectivity index (χ2n) is 6.87. The molecule has 0 saturated carbocycles. The van der Waals surface area contributed by atoms with E-state index in [9.17, 15) is 0 Å². The summed E-state index contributed by atoms with van der Waals surface area (Å²) in [5, 5.41) is 3.16. The summed E-state index contributed by atoms with van der Waals surface area (Å²) in [4.78, 5) is 13.7. The van der Waals surface area contributed by atoms with Crippen LogP contribution in [0.5, 0.6) is 0 Å². The van der Waals surface area contributed by atoms with E-state index >= 15 is 0 Å². The Morgan fingerprint density at radius 3 is 2.43 bits per heavy atom. The van der Waals surface area contributed by atoms with Crippen molar-refractivity contribution >= 4 is 29.9 Å². The zero-order valence-electron chi connectivity index (χ0n) is 16.3. The van der Waals surface area contributed by atoms with Gasteiger partial charge >= 0.3 is 0 Å². The highest BCUT2D eigenvalue weighted by Crippen LogP contribution is 2.08. The van der Waals surface area contributed by atoms with Crippen molar-refractivity contribution in [3.8, 4) is 0 Å². The van der Waals surface area contributed by atoms with Crippen molar-refractivity contribution < 1.29 is 0 Å². The largest absolute Gasteiger partial charge is 0.370 e. The first-order chi connectivity index (χ1) is 13.3. The number of piperazine rings is 1. The molecule has 0 unspecified atom stereocenters. The molecule has 1 aliphatic rings. The lowest BCUT2D eigenvalue weighted by Crippen LogP contribution is -2.46. The van der Waals surface area contributed by atoms with E-state index in [0.29, 0.717) is 5.96 Å². The maximum absolute atomic E-state index is 5.95. The maximum atomic E-state index is 5.95. The van der Waals surface area contributed by atoms with Crippen molar-refractivity contribution in [1.29, 1.82) is 0 Å². The Bertz CT molecular complexity index is 687. The molecule has 152 valence electrons. The van der Waals surface area contributed by atoms with Crippen LogP contribution in [0.1, 0.15) is 11.3 Å². The van der Waals surface area contributed by atoms with E-state index in [1.807, 2.05) is 24.4 Å². The van der Waals surface area contributed by atoms with Crippen molar-refractivity contribution in [3.05, 3.63) is 66.0 Å². The van der Waals surface area contributed by atoms with Crippen LogP contribution in [-0.4, -0.2) is 66.6 Å². The van der Waals surface area contributed by atoms with E-state index in [-0.39, 0.29) is 24.0 Å². The number of benzene rings is 1. The van der Waals surface area contributed by atoms with Gasteiger partial charge < -0.3 is 11.1 Å². The molecule has 0 bridgehead atoms. The molecule has 1 aromatic heterocycles. The van der Waals surface area contributed by atoms with E-state index in [1.54, 1.807) is 0 Å². The first-order valence-electron chi connectivity index (χ1n) is 9.72. The summed E-state index contributed by atoms with van der Waals surface area (Å²) in [6.45, 7) is 7.89. The van der Waals surface area contributed by atoms with Gasteiger partial charge in [-0.1, -0.05) is 36.4 Å². The van der Waals surface area contributed by atoms with E-state index < -0.39 is 0 Å². The molecule has 7 heteroatoms. The SMILES string of the molecule is I.NC(=NCCN1CCN(Cc2ccccc2)CC1)NCCc1ccccn1. The second kappa shape index (κ2) is 12.7. The number of hydrogen-bond donors (Lipinski definition) is 2. The monoisotopic (exact) mass is 494 g/mol. The number of guanidine groups is 1. The Hall–Kier alpha value is -1.71. The fraction of sp³-hybridized carbons (Fsp3) is 0.429. The van der Waals surface area contributed by atoms with Gasteiger partial charge in [-0.3, -0.25) is 19.8 Å². The van der Waals surface area contributed by atoms with E-state index in [4.69, 9.17) is 5.73 Å². The van der Waals surface area contributed by atoms with Gasteiger partial charge in [0, 0.05) is 64.1 Å². The molecule has 0 aliphatic carbocycles. The van der Waals surface area contributed by atoms with Crippen LogP contribution >= 0.6 is 24.0 Å². The zero-order chi connectivity index (χ0) is 18.7. The minimum absolute atomic E-state index is 0. The summed E-state index contributed by atoms with van der Waals surface area (Å²) in [6.07, 6.45) is 2.66. The predicted molar refractivity (Wildman–Crippen MR) is 126 cm³/mol. The highest BCUT2D eigenvalue weighted by Gasteiger charge is 2.16. The molecule has 6 nitrogen and oxygen atoms in total. The lowest BCUT2D eigenvalue weighted by Gasteiger charge is -2.34. The third-order valence-electron chi connectivity index (χ3n) is 4.83. The smallest absolute Gasteiger partial charge is 0.188 e. The predicted octanol–water partition coefficient (Wildman–Crippen LogP) is 1.96. The number of halogens is 1. The van der Waals surface area contributed by atoms with Crippen LogP contribution in [0.2, 0.25) is 0 Å². The highest BCUT2D eigenvalue weighted by atomic mass is 127.